The third kappa shape index (κ3) is 2.35. The molecule has 0 bridgehead atoms. The number of hydrogen-bond donors (Lipinski definition) is 2. The predicted molar refractivity (Wildman–Crippen MR) is 80.3 cm³/mol. The molecule has 0 spiro atoms. The van der Waals surface area contributed by atoms with Gasteiger partial charge < -0.3 is 10.4 Å². The van der Waals surface area contributed by atoms with Crippen LogP contribution >= 0.6 is 11.3 Å². The molecule has 0 fully saturated rings. The van der Waals surface area contributed by atoms with E-state index in [9.17, 15) is 9.90 Å². The zero-order chi connectivity index (χ0) is 13.9. The lowest BCUT2D eigenvalue weighted by Crippen LogP contribution is -2.07. The Morgan fingerprint density at radius 2 is 2.10 bits per heavy atom. The van der Waals surface area contributed by atoms with Crippen molar-refractivity contribution in [2.75, 3.05) is 5.32 Å². The van der Waals surface area contributed by atoms with Crippen molar-refractivity contribution in [3.8, 4) is 0 Å². The average molecular weight is 284 g/mol. The zero-order valence-electron chi connectivity index (χ0n) is 10.5. The Balaban J connectivity index is 2.05. The molecule has 2 N–H and O–H groups in total. The van der Waals surface area contributed by atoms with Crippen LogP contribution in [0.15, 0.2) is 48.0 Å². The van der Waals surface area contributed by atoms with Crippen molar-refractivity contribution in [2.24, 2.45) is 0 Å². The number of nitrogens with zero attached hydrogens (tertiary/aromatic N) is 1. The van der Waals surface area contributed by atoms with Crippen LogP contribution in [0.3, 0.4) is 0 Å². The number of carboxylic acid groups (broad SMARTS) is 1. The Morgan fingerprint density at radius 3 is 2.85 bits per heavy atom. The van der Waals surface area contributed by atoms with Gasteiger partial charge in [-0.05, 0) is 17.5 Å². The van der Waals surface area contributed by atoms with E-state index in [4.69, 9.17) is 0 Å². The topological polar surface area (TPSA) is 62.2 Å². The van der Waals surface area contributed by atoms with E-state index in [1.807, 2.05) is 41.8 Å². The summed E-state index contributed by atoms with van der Waals surface area (Å²) in [5, 5.41) is 15.4. The van der Waals surface area contributed by atoms with Gasteiger partial charge in [0.15, 0.2) is 0 Å². The normalized spacial score (nSPS) is 10.6. The number of benzene rings is 1. The number of fused-ring (bicyclic) bond motifs is 1. The average Bonchev–Trinajstić information content (AvgIpc) is 2.97. The summed E-state index contributed by atoms with van der Waals surface area (Å²) in [5.41, 5.74) is 1.60. The molecule has 0 saturated heterocycles. The van der Waals surface area contributed by atoms with Crippen LogP contribution in [0.2, 0.25) is 0 Å². The van der Waals surface area contributed by atoms with E-state index in [1.165, 1.54) is 6.20 Å². The molecular weight excluding hydrogens is 272 g/mol. The van der Waals surface area contributed by atoms with Crippen molar-refractivity contribution in [3.05, 3.63) is 58.4 Å². The molecule has 3 rings (SSSR count). The van der Waals surface area contributed by atoms with Crippen LogP contribution in [0.4, 0.5) is 5.69 Å². The molecule has 1 aromatic carbocycles. The smallest absolute Gasteiger partial charge is 0.339 e. The second-order valence-electron chi connectivity index (χ2n) is 4.30. The monoisotopic (exact) mass is 284 g/mol. The van der Waals surface area contributed by atoms with Gasteiger partial charge in [0.25, 0.3) is 0 Å². The van der Waals surface area contributed by atoms with Gasteiger partial charge in [-0.15, -0.1) is 11.3 Å². The Morgan fingerprint density at radius 1 is 1.25 bits per heavy atom. The van der Waals surface area contributed by atoms with Crippen molar-refractivity contribution in [1.29, 1.82) is 0 Å². The first-order chi connectivity index (χ1) is 9.75. The number of anilines is 1. The van der Waals surface area contributed by atoms with Crippen molar-refractivity contribution < 1.29 is 9.90 Å². The minimum absolute atomic E-state index is 0.195. The highest BCUT2D eigenvalue weighted by atomic mass is 32.1. The van der Waals surface area contributed by atoms with Crippen molar-refractivity contribution in [2.45, 2.75) is 6.54 Å². The number of aromatic nitrogens is 1. The van der Waals surface area contributed by atoms with E-state index in [2.05, 4.69) is 10.3 Å². The van der Waals surface area contributed by atoms with Crippen molar-refractivity contribution in [3.63, 3.8) is 0 Å². The zero-order valence-corrected chi connectivity index (χ0v) is 11.4. The number of hydrogen-bond acceptors (Lipinski definition) is 4. The third-order valence-electron chi connectivity index (χ3n) is 3.03. The lowest BCUT2D eigenvalue weighted by Gasteiger charge is -2.11. The quantitative estimate of drug-likeness (QED) is 0.768. The van der Waals surface area contributed by atoms with Crippen LogP contribution in [0.25, 0.3) is 10.9 Å². The number of rotatable bonds is 4. The molecule has 0 aliphatic rings. The Hall–Kier alpha value is -2.40. The molecule has 2 heterocycles. The maximum absolute atomic E-state index is 11.3. The maximum atomic E-state index is 11.3. The van der Waals surface area contributed by atoms with Crippen LogP contribution in [-0.4, -0.2) is 16.1 Å². The van der Waals surface area contributed by atoms with E-state index >= 15 is 0 Å². The second kappa shape index (κ2) is 5.30. The van der Waals surface area contributed by atoms with E-state index in [0.717, 1.165) is 15.8 Å². The summed E-state index contributed by atoms with van der Waals surface area (Å²) in [6.07, 6.45) is 1.40. The molecule has 3 aromatic rings. The van der Waals surface area contributed by atoms with Gasteiger partial charge in [0.2, 0.25) is 0 Å². The fraction of sp³-hybridized carbons (Fsp3) is 0.0667. The molecule has 0 radical (unpaired) electrons. The number of para-hydroxylation sites is 1. The number of aromatic carboxylic acids is 1. The Kier molecular flexibility index (Phi) is 3.35. The SMILES string of the molecule is O=C(O)c1cnc2ccccc2c1NCc1cccs1. The van der Waals surface area contributed by atoms with E-state index < -0.39 is 5.97 Å². The molecule has 0 saturated carbocycles. The molecule has 100 valence electrons. The molecule has 0 amide bonds. The van der Waals surface area contributed by atoms with Gasteiger partial charge >= 0.3 is 5.97 Å². The summed E-state index contributed by atoms with van der Waals surface area (Å²) in [6, 6.07) is 11.5. The lowest BCUT2D eigenvalue weighted by atomic mass is 10.1. The molecule has 20 heavy (non-hydrogen) atoms. The number of carbonyl (C=O) groups is 1. The standard InChI is InChI=1S/C15H12N2O2S/c18-15(19)12-9-16-13-6-2-1-5-11(13)14(12)17-8-10-4-3-7-20-10/h1-7,9H,8H2,(H,16,17)(H,18,19). The number of thiophene rings is 1. The highest BCUT2D eigenvalue weighted by Gasteiger charge is 2.14. The highest BCUT2D eigenvalue weighted by Crippen LogP contribution is 2.26. The summed E-state index contributed by atoms with van der Waals surface area (Å²) in [7, 11) is 0. The maximum Gasteiger partial charge on any atom is 0.339 e. The first-order valence-electron chi connectivity index (χ1n) is 6.13. The first-order valence-corrected chi connectivity index (χ1v) is 7.01. The second-order valence-corrected chi connectivity index (χ2v) is 5.33. The summed E-state index contributed by atoms with van der Waals surface area (Å²) < 4.78 is 0. The molecule has 0 aliphatic heterocycles. The Bertz CT molecular complexity index is 754. The summed E-state index contributed by atoms with van der Waals surface area (Å²) in [5.74, 6) is -0.975. The fourth-order valence-electron chi connectivity index (χ4n) is 2.08. The van der Waals surface area contributed by atoms with Gasteiger partial charge in [-0.2, -0.15) is 0 Å². The lowest BCUT2D eigenvalue weighted by molar-refractivity contribution is 0.0697. The van der Waals surface area contributed by atoms with Crippen LogP contribution in [0.1, 0.15) is 15.2 Å². The molecular formula is C15H12N2O2S. The van der Waals surface area contributed by atoms with Crippen LogP contribution in [-0.2, 0) is 6.54 Å². The van der Waals surface area contributed by atoms with E-state index in [-0.39, 0.29) is 5.56 Å². The molecule has 2 aromatic heterocycles. The van der Waals surface area contributed by atoms with Gasteiger partial charge in [-0.1, -0.05) is 24.3 Å². The fourth-order valence-corrected chi connectivity index (χ4v) is 2.73. The third-order valence-corrected chi connectivity index (χ3v) is 3.90. The largest absolute Gasteiger partial charge is 0.478 e. The van der Waals surface area contributed by atoms with Gasteiger partial charge in [-0.3, -0.25) is 4.98 Å². The number of carboxylic acids is 1. The molecule has 5 heteroatoms. The van der Waals surface area contributed by atoms with E-state index in [1.54, 1.807) is 11.3 Å². The summed E-state index contributed by atoms with van der Waals surface area (Å²) >= 11 is 1.64. The summed E-state index contributed by atoms with van der Waals surface area (Å²) in [6.45, 7) is 0.603. The molecule has 0 unspecified atom stereocenters. The predicted octanol–water partition coefficient (Wildman–Crippen LogP) is 3.61. The van der Waals surface area contributed by atoms with Crippen LogP contribution < -0.4 is 5.32 Å². The minimum Gasteiger partial charge on any atom is -0.478 e. The number of pyridine rings is 1. The molecule has 0 atom stereocenters. The Labute approximate surface area is 119 Å². The van der Waals surface area contributed by atoms with Crippen molar-refractivity contribution >= 4 is 33.9 Å². The van der Waals surface area contributed by atoms with Gasteiger partial charge in [0.1, 0.15) is 5.56 Å². The first kappa shape index (κ1) is 12.6. The minimum atomic E-state index is -0.975. The molecule has 4 nitrogen and oxygen atoms in total. The van der Waals surface area contributed by atoms with Crippen molar-refractivity contribution in [1.82, 2.24) is 4.98 Å². The molecule has 0 aliphatic carbocycles. The highest BCUT2D eigenvalue weighted by molar-refractivity contribution is 7.09. The van der Waals surface area contributed by atoms with Crippen LogP contribution in [0, 0.1) is 0 Å². The van der Waals surface area contributed by atoms with Gasteiger partial charge in [0.05, 0.1) is 11.2 Å². The summed E-state index contributed by atoms with van der Waals surface area (Å²) in [4.78, 5) is 16.7. The number of nitrogens with one attached hydrogen (secondary N) is 1. The van der Waals surface area contributed by atoms with Gasteiger partial charge in [0, 0.05) is 23.0 Å². The van der Waals surface area contributed by atoms with E-state index in [0.29, 0.717) is 12.2 Å². The van der Waals surface area contributed by atoms with Gasteiger partial charge in [-0.25, -0.2) is 4.79 Å². The van der Waals surface area contributed by atoms with Crippen LogP contribution in [0.5, 0.6) is 0 Å².